The fourth-order valence-corrected chi connectivity index (χ4v) is 3.58. The van der Waals surface area contributed by atoms with Crippen LogP contribution in [0.4, 0.5) is 0 Å². The predicted molar refractivity (Wildman–Crippen MR) is 86.3 cm³/mol. The van der Waals surface area contributed by atoms with Crippen LogP contribution in [0.15, 0.2) is 0 Å². The number of rotatable bonds is 4. The van der Waals surface area contributed by atoms with Crippen molar-refractivity contribution in [2.75, 3.05) is 13.1 Å². The van der Waals surface area contributed by atoms with Crippen LogP contribution >= 0.6 is 12.4 Å². The van der Waals surface area contributed by atoms with Gasteiger partial charge in [-0.25, -0.2) is 0 Å². The van der Waals surface area contributed by atoms with Crippen LogP contribution in [0.25, 0.3) is 0 Å². The van der Waals surface area contributed by atoms with Gasteiger partial charge in [-0.2, -0.15) is 0 Å². The third-order valence-corrected chi connectivity index (χ3v) is 4.92. The van der Waals surface area contributed by atoms with Crippen molar-refractivity contribution in [1.82, 2.24) is 10.6 Å². The normalized spacial score (nSPS) is 23.4. The molecule has 0 spiro atoms. The van der Waals surface area contributed by atoms with E-state index in [-0.39, 0.29) is 18.3 Å². The maximum absolute atomic E-state index is 12.1. The highest BCUT2D eigenvalue weighted by Gasteiger charge is 2.23. The fourth-order valence-electron chi connectivity index (χ4n) is 3.58. The Morgan fingerprint density at radius 3 is 2.30 bits per heavy atom. The lowest BCUT2D eigenvalue weighted by molar-refractivity contribution is -0.123. The number of halogens is 1. The van der Waals surface area contributed by atoms with Crippen LogP contribution in [0.1, 0.15) is 64.7 Å². The molecule has 118 valence electrons. The quantitative estimate of drug-likeness (QED) is 0.783. The molecule has 2 rings (SSSR count). The Bertz CT molecular complexity index is 272. The first-order valence-electron chi connectivity index (χ1n) is 8.26. The summed E-state index contributed by atoms with van der Waals surface area (Å²) in [5, 5.41) is 6.67. The molecule has 2 N–H and O–H groups in total. The van der Waals surface area contributed by atoms with Crippen molar-refractivity contribution in [3.63, 3.8) is 0 Å². The van der Waals surface area contributed by atoms with Gasteiger partial charge in [0.05, 0.1) is 0 Å². The van der Waals surface area contributed by atoms with Crippen LogP contribution in [0.3, 0.4) is 0 Å². The van der Waals surface area contributed by atoms with Crippen LogP contribution in [-0.2, 0) is 4.79 Å². The summed E-state index contributed by atoms with van der Waals surface area (Å²) in [6, 6.07) is 0.454. The lowest BCUT2D eigenvalue weighted by Crippen LogP contribution is -2.37. The van der Waals surface area contributed by atoms with E-state index in [2.05, 4.69) is 17.6 Å². The predicted octanol–water partition coefficient (Wildman–Crippen LogP) is 3.27. The molecular weight excluding hydrogens is 272 g/mol. The maximum Gasteiger partial charge on any atom is 0.220 e. The van der Waals surface area contributed by atoms with E-state index < -0.39 is 0 Å². The van der Waals surface area contributed by atoms with Gasteiger partial charge in [-0.3, -0.25) is 4.79 Å². The van der Waals surface area contributed by atoms with E-state index in [1.807, 2.05) is 0 Å². The van der Waals surface area contributed by atoms with Crippen LogP contribution in [0.5, 0.6) is 0 Å². The largest absolute Gasteiger partial charge is 0.353 e. The number of hydrogen-bond acceptors (Lipinski definition) is 2. The van der Waals surface area contributed by atoms with Crippen molar-refractivity contribution in [2.45, 2.75) is 70.8 Å². The molecule has 0 aromatic rings. The molecule has 1 unspecified atom stereocenters. The number of piperidine rings is 1. The molecule has 1 saturated carbocycles. The summed E-state index contributed by atoms with van der Waals surface area (Å²) in [4.78, 5) is 12.1. The minimum atomic E-state index is 0. The lowest BCUT2D eigenvalue weighted by Gasteiger charge is -2.28. The Balaban J connectivity index is 0.00000200. The Morgan fingerprint density at radius 1 is 1.10 bits per heavy atom. The number of amides is 1. The number of hydrogen-bond donors (Lipinski definition) is 2. The Labute approximate surface area is 130 Å². The second-order valence-corrected chi connectivity index (χ2v) is 6.52. The first-order valence-corrected chi connectivity index (χ1v) is 8.26. The average Bonchev–Trinajstić information content (AvgIpc) is 2.68. The third kappa shape index (κ3) is 6.01. The molecule has 1 aliphatic heterocycles. The highest BCUT2D eigenvalue weighted by Crippen LogP contribution is 2.24. The SMILES string of the molecule is CC(CC(=O)NC1CCCCCC1)C1CCNCC1.Cl. The van der Waals surface area contributed by atoms with Gasteiger partial charge in [-0.05, 0) is 50.6 Å². The van der Waals surface area contributed by atoms with Crippen LogP contribution in [0, 0.1) is 11.8 Å². The van der Waals surface area contributed by atoms with Gasteiger partial charge >= 0.3 is 0 Å². The van der Waals surface area contributed by atoms with Gasteiger partial charge in [-0.15, -0.1) is 12.4 Å². The topological polar surface area (TPSA) is 41.1 Å². The Morgan fingerprint density at radius 2 is 1.70 bits per heavy atom. The molecule has 2 fully saturated rings. The Kier molecular flexibility index (Phi) is 8.55. The lowest BCUT2D eigenvalue weighted by atomic mass is 9.84. The second kappa shape index (κ2) is 9.62. The zero-order valence-corrected chi connectivity index (χ0v) is 13.6. The van der Waals surface area contributed by atoms with E-state index in [9.17, 15) is 4.79 Å². The molecule has 0 radical (unpaired) electrons. The number of nitrogens with one attached hydrogen (secondary N) is 2. The molecule has 1 aliphatic carbocycles. The van der Waals surface area contributed by atoms with Gasteiger partial charge in [0.2, 0.25) is 5.91 Å². The highest BCUT2D eigenvalue weighted by molar-refractivity contribution is 5.85. The smallest absolute Gasteiger partial charge is 0.220 e. The van der Waals surface area contributed by atoms with Crippen molar-refractivity contribution in [3.05, 3.63) is 0 Å². The van der Waals surface area contributed by atoms with Gasteiger partial charge < -0.3 is 10.6 Å². The zero-order chi connectivity index (χ0) is 13.5. The minimum Gasteiger partial charge on any atom is -0.353 e. The summed E-state index contributed by atoms with van der Waals surface area (Å²) in [6.45, 7) is 4.50. The summed E-state index contributed by atoms with van der Waals surface area (Å²) in [5.74, 6) is 1.56. The van der Waals surface area contributed by atoms with Crippen molar-refractivity contribution in [1.29, 1.82) is 0 Å². The molecular formula is C16H31ClN2O. The molecule has 1 saturated heterocycles. The molecule has 0 bridgehead atoms. The standard InChI is InChI=1S/C16H30N2O.ClH/c1-13(14-8-10-17-11-9-14)12-16(19)18-15-6-4-2-3-5-7-15;/h13-15,17H,2-12H2,1H3,(H,18,19);1H. The Hall–Kier alpha value is -0.280. The maximum atomic E-state index is 12.1. The van der Waals surface area contributed by atoms with Crippen molar-refractivity contribution < 1.29 is 4.79 Å². The van der Waals surface area contributed by atoms with Gasteiger partial charge in [0.15, 0.2) is 0 Å². The molecule has 20 heavy (non-hydrogen) atoms. The van der Waals surface area contributed by atoms with Gasteiger partial charge in [0, 0.05) is 12.5 Å². The van der Waals surface area contributed by atoms with Crippen molar-refractivity contribution in [3.8, 4) is 0 Å². The van der Waals surface area contributed by atoms with E-state index in [4.69, 9.17) is 0 Å². The zero-order valence-electron chi connectivity index (χ0n) is 12.8. The first kappa shape index (κ1) is 17.8. The molecule has 0 aromatic carbocycles. The van der Waals surface area contributed by atoms with Crippen molar-refractivity contribution >= 4 is 18.3 Å². The summed E-state index contributed by atoms with van der Waals surface area (Å²) < 4.78 is 0. The van der Waals surface area contributed by atoms with Crippen molar-refractivity contribution in [2.24, 2.45) is 11.8 Å². The molecule has 2 aliphatic rings. The van der Waals surface area contributed by atoms with E-state index in [0.29, 0.717) is 12.0 Å². The second-order valence-electron chi connectivity index (χ2n) is 6.52. The summed E-state index contributed by atoms with van der Waals surface area (Å²) in [7, 11) is 0. The molecule has 3 nitrogen and oxygen atoms in total. The summed E-state index contributed by atoms with van der Waals surface area (Å²) >= 11 is 0. The van der Waals surface area contributed by atoms with Gasteiger partial charge in [-0.1, -0.05) is 32.6 Å². The molecule has 4 heteroatoms. The average molecular weight is 303 g/mol. The number of carbonyl (C=O) groups excluding carboxylic acids is 1. The van der Waals surface area contributed by atoms with Crippen LogP contribution in [-0.4, -0.2) is 25.0 Å². The van der Waals surface area contributed by atoms with Gasteiger partial charge in [0.25, 0.3) is 0 Å². The van der Waals surface area contributed by atoms with Crippen LogP contribution in [0.2, 0.25) is 0 Å². The van der Waals surface area contributed by atoms with E-state index in [1.54, 1.807) is 0 Å². The summed E-state index contributed by atoms with van der Waals surface area (Å²) in [5.41, 5.74) is 0. The summed E-state index contributed by atoms with van der Waals surface area (Å²) in [6.07, 6.45) is 10.8. The number of carbonyl (C=O) groups is 1. The van der Waals surface area contributed by atoms with E-state index >= 15 is 0 Å². The van der Waals surface area contributed by atoms with Crippen LogP contribution < -0.4 is 10.6 Å². The highest BCUT2D eigenvalue weighted by atomic mass is 35.5. The molecule has 1 atom stereocenters. The first-order chi connectivity index (χ1) is 9.25. The van der Waals surface area contributed by atoms with E-state index in [1.165, 1.54) is 51.4 Å². The molecule has 1 amide bonds. The van der Waals surface area contributed by atoms with E-state index in [0.717, 1.165) is 25.4 Å². The monoisotopic (exact) mass is 302 g/mol. The third-order valence-electron chi connectivity index (χ3n) is 4.92. The minimum absolute atomic E-state index is 0. The van der Waals surface area contributed by atoms with Gasteiger partial charge in [0.1, 0.15) is 0 Å². The fraction of sp³-hybridized carbons (Fsp3) is 0.938. The molecule has 1 heterocycles. The molecule has 0 aromatic heterocycles.